The lowest BCUT2D eigenvalue weighted by atomic mass is 9.76. The van der Waals surface area contributed by atoms with E-state index in [1.165, 1.54) is 24.1 Å². The van der Waals surface area contributed by atoms with E-state index in [1.807, 2.05) is 54.8 Å². The van der Waals surface area contributed by atoms with Gasteiger partial charge in [-0.2, -0.15) is 0 Å². The maximum Gasteiger partial charge on any atom is 0.407 e. The number of nitrogens with zero attached hydrogens (tertiary/aromatic N) is 2. The zero-order valence-corrected chi connectivity index (χ0v) is 28.8. The topological polar surface area (TPSA) is 119 Å². The highest BCUT2D eigenvalue weighted by Gasteiger charge is 2.39. The molecule has 2 atom stereocenters. The van der Waals surface area contributed by atoms with Crippen molar-refractivity contribution in [2.45, 2.75) is 65.0 Å². The van der Waals surface area contributed by atoms with E-state index in [2.05, 4.69) is 31.4 Å². The fourth-order valence-corrected chi connectivity index (χ4v) is 6.51. The second kappa shape index (κ2) is 14.2. The number of hydrogen-bond acceptors (Lipinski definition) is 5. The van der Waals surface area contributed by atoms with Gasteiger partial charge in [0.25, 0.3) is 0 Å². The standard InChI is InChI=1S/C38H43BFN5O4/c1-22(2)32(43-37(48)49-6)36(47)44-21-7-8-29(44)35(46)42-27-17-11-24(12-18-27)34-31(39)30(38(3,4)5)33(23-9-15-26(41)16-10-23)45(34)28-19-13-25(40)14-20-28/h9-20,22,29,32H,7-8,21,41H2,1-6H3,(H,42,46)(H,43,48)/t29-,32-/m0/s1. The van der Waals surface area contributed by atoms with Crippen molar-refractivity contribution < 1.29 is 23.5 Å². The molecule has 3 amide bonds. The van der Waals surface area contributed by atoms with Gasteiger partial charge in [0.15, 0.2) is 0 Å². The molecule has 0 saturated carbocycles. The minimum atomic E-state index is -0.820. The van der Waals surface area contributed by atoms with Crippen molar-refractivity contribution >= 4 is 42.6 Å². The first-order valence-corrected chi connectivity index (χ1v) is 16.4. The second-order valence-electron chi connectivity index (χ2n) is 13.8. The molecule has 1 aliphatic rings. The van der Waals surface area contributed by atoms with Crippen LogP contribution in [-0.4, -0.2) is 61.0 Å². The Bertz CT molecular complexity index is 1830. The van der Waals surface area contributed by atoms with E-state index in [0.29, 0.717) is 36.2 Å². The van der Waals surface area contributed by atoms with E-state index < -0.39 is 18.2 Å². The number of rotatable bonds is 8. The SMILES string of the molecule is [B]c1c(C(C)(C)C)c(-c2ccc(N)cc2)n(-c2ccc(F)cc2)c1-c1ccc(NC(=O)[C@@H]2CCCN2C(=O)[C@@H](NC(=O)OC)C(C)C)cc1. The van der Waals surface area contributed by atoms with Crippen molar-refractivity contribution in [3.05, 3.63) is 84.2 Å². The van der Waals surface area contributed by atoms with Crippen LogP contribution >= 0.6 is 0 Å². The summed E-state index contributed by atoms with van der Waals surface area (Å²) in [5, 5.41) is 5.57. The number of carbonyl (C=O) groups is 3. The van der Waals surface area contributed by atoms with Crippen LogP contribution in [0.15, 0.2) is 72.8 Å². The number of nitrogen functional groups attached to an aromatic ring is 1. The van der Waals surface area contributed by atoms with Gasteiger partial charge in [-0.25, -0.2) is 9.18 Å². The van der Waals surface area contributed by atoms with Crippen LogP contribution in [0.1, 0.15) is 53.0 Å². The number of alkyl carbamates (subject to hydrolysis) is 1. The molecule has 3 aromatic carbocycles. The van der Waals surface area contributed by atoms with Crippen LogP contribution in [0, 0.1) is 11.7 Å². The van der Waals surface area contributed by atoms with Crippen LogP contribution in [0.5, 0.6) is 0 Å². The summed E-state index contributed by atoms with van der Waals surface area (Å²) in [6, 6.07) is 19.7. The smallest absolute Gasteiger partial charge is 0.407 e. The van der Waals surface area contributed by atoms with Gasteiger partial charge in [-0.15, -0.1) is 0 Å². The van der Waals surface area contributed by atoms with Gasteiger partial charge in [-0.1, -0.05) is 64.3 Å². The van der Waals surface area contributed by atoms with Gasteiger partial charge in [0.05, 0.1) is 12.8 Å². The quantitative estimate of drug-likeness (QED) is 0.160. The summed E-state index contributed by atoms with van der Waals surface area (Å²) in [7, 11) is 8.27. The van der Waals surface area contributed by atoms with Crippen LogP contribution in [0.3, 0.4) is 0 Å². The normalized spacial score (nSPS) is 15.3. The molecule has 1 saturated heterocycles. The minimum absolute atomic E-state index is 0.205. The zero-order valence-electron chi connectivity index (χ0n) is 28.8. The lowest BCUT2D eigenvalue weighted by Gasteiger charge is -2.30. The molecule has 0 bridgehead atoms. The lowest BCUT2D eigenvalue weighted by molar-refractivity contribution is -0.139. The van der Waals surface area contributed by atoms with E-state index in [-0.39, 0.29) is 29.0 Å². The average Bonchev–Trinajstić information content (AvgIpc) is 3.67. The average molecular weight is 664 g/mol. The summed E-state index contributed by atoms with van der Waals surface area (Å²) in [5.41, 5.74) is 12.4. The summed E-state index contributed by atoms with van der Waals surface area (Å²) in [5.74, 6) is -1.19. The molecule has 4 aromatic rings. The Balaban J connectivity index is 1.50. The minimum Gasteiger partial charge on any atom is -0.453 e. The Hall–Kier alpha value is -5.06. The van der Waals surface area contributed by atoms with Gasteiger partial charge < -0.3 is 30.6 Å². The molecule has 9 nitrogen and oxygen atoms in total. The molecule has 2 heterocycles. The Kier molecular flexibility index (Phi) is 10.2. The largest absolute Gasteiger partial charge is 0.453 e. The molecule has 11 heteroatoms. The van der Waals surface area contributed by atoms with Crippen molar-refractivity contribution in [2.24, 2.45) is 5.92 Å². The van der Waals surface area contributed by atoms with Gasteiger partial charge >= 0.3 is 6.09 Å². The molecular weight excluding hydrogens is 620 g/mol. The number of halogens is 1. The number of hydrogen-bond donors (Lipinski definition) is 3. The number of anilines is 2. The third kappa shape index (κ3) is 7.35. The molecule has 0 unspecified atom stereocenters. The fraction of sp³-hybridized carbons (Fsp3) is 0.342. The molecular formula is C38H43BFN5O4. The molecule has 254 valence electrons. The first-order valence-electron chi connectivity index (χ1n) is 16.4. The van der Waals surface area contributed by atoms with Crippen LogP contribution in [0.4, 0.5) is 20.6 Å². The summed E-state index contributed by atoms with van der Waals surface area (Å²) in [4.78, 5) is 40.4. The zero-order chi connectivity index (χ0) is 35.6. The molecule has 0 spiro atoms. The molecule has 2 radical (unpaired) electrons. The van der Waals surface area contributed by atoms with Crippen LogP contribution in [0.25, 0.3) is 28.2 Å². The Morgan fingerprint density at radius 2 is 1.53 bits per heavy atom. The maximum atomic E-state index is 14.1. The first kappa shape index (κ1) is 35.3. The third-order valence-electron chi connectivity index (χ3n) is 8.88. The number of benzene rings is 3. The molecule has 49 heavy (non-hydrogen) atoms. The number of ether oxygens (including phenoxy) is 1. The summed E-state index contributed by atoms with van der Waals surface area (Å²) < 4.78 is 20.9. The number of likely N-dealkylation sites (tertiary alicyclic amines) is 1. The molecule has 0 aliphatic carbocycles. The predicted octanol–water partition coefficient (Wildman–Crippen LogP) is 5.93. The van der Waals surface area contributed by atoms with Crippen molar-refractivity contribution in [1.82, 2.24) is 14.8 Å². The predicted molar refractivity (Wildman–Crippen MR) is 193 cm³/mol. The third-order valence-corrected chi connectivity index (χ3v) is 8.88. The Morgan fingerprint density at radius 1 is 0.939 bits per heavy atom. The van der Waals surface area contributed by atoms with Crippen molar-refractivity contribution in [3.63, 3.8) is 0 Å². The number of amides is 3. The highest BCUT2D eigenvalue weighted by atomic mass is 19.1. The van der Waals surface area contributed by atoms with Gasteiger partial charge in [0.2, 0.25) is 11.8 Å². The van der Waals surface area contributed by atoms with Crippen molar-refractivity contribution in [2.75, 3.05) is 24.7 Å². The highest BCUT2D eigenvalue weighted by Crippen LogP contribution is 2.40. The van der Waals surface area contributed by atoms with Gasteiger partial charge in [-0.05, 0) is 89.4 Å². The first-order chi connectivity index (χ1) is 23.2. The van der Waals surface area contributed by atoms with Crippen LogP contribution in [0.2, 0.25) is 0 Å². The molecule has 1 aromatic heterocycles. The summed E-state index contributed by atoms with van der Waals surface area (Å²) in [6.45, 7) is 10.4. The second-order valence-corrected chi connectivity index (χ2v) is 13.8. The monoisotopic (exact) mass is 663 g/mol. The maximum absolute atomic E-state index is 14.1. The van der Waals surface area contributed by atoms with E-state index in [0.717, 1.165) is 33.8 Å². The number of methoxy groups -OCH3 is 1. The van der Waals surface area contributed by atoms with Gasteiger partial charge in [-0.3, -0.25) is 9.59 Å². The summed E-state index contributed by atoms with van der Waals surface area (Å²) >= 11 is 0. The molecule has 1 aliphatic heterocycles. The van der Waals surface area contributed by atoms with E-state index >= 15 is 0 Å². The van der Waals surface area contributed by atoms with Crippen molar-refractivity contribution in [1.29, 1.82) is 0 Å². The highest BCUT2D eigenvalue weighted by molar-refractivity contribution is 6.38. The number of carbonyl (C=O) groups excluding carboxylic acids is 3. The Morgan fingerprint density at radius 3 is 2.10 bits per heavy atom. The van der Waals surface area contributed by atoms with Crippen LogP contribution < -0.4 is 21.8 Å². The Labute approximate surface area is 288 Å². The van der Waals surface area contributed by atoms with E-state index in [9.17, 15) is 18.8 Å². The van der Waals surface area contributed by atoms with Gasteiger partial charge in [0, 0.05) is 29.3 Å². The lowest BCUT2D eigenvalue weighted by Crippen LogP contribution is -2.54. The molecule has 4 N–H and O–H groups in total. The van der Waals surface area contributed by atoms with Crippen LogP contribution in [-0.2, 0) is 19.7 Å². The van der Waals surface area contributed by atoms with E-state index in [1.54, 1.807) is 24.3 Å². The molecule has 1 fully saturated rings. The summed E-state index contributed by atoms with van der Waals surface area (Å²) in [6.07, 6.45) is 0.468. The number of aromatic nitrogens is 1. The van der Waals surface area contributed by atoms with Gasteiger partial charge in [0.1, 0.15) is 25.7 Å². The molecule has 5 rings (SSSR count). The fourth-order valence-electron chi connectivity index (χ4n) is 6.51. The number of nitrogens with one attached hydrogen (secondary N) is 2. The van der Waals surface area contributed by atoms with Crippen molar-refractivity contribution in [3.8, 4) is 28.2 Å². The number of nitrogens with two attached hydrogens (primary N) is 1. The van der Waals surface area contributed by atoms with E-state index in [4.69, 9.17) is 18.3 Å².